The Labute approximate surface area is 94.1 Å². The van der Waals surface area contributed by atoms with Gasteiger partial charge in [-0.1, -0.05) is 0 Å². The van der Waals surface area contributed by atoms with E-state index in [1.165, 1.54) is 0 Å². The summed E-state index contributed by atoms with van der Waals surface area (Å²) in [6.45, 7) is 4.56. The van der Waals surface area contributed by atoms with Crippen molar-refractivity contribution in [3.63, 3.8) is 0 Å². The maximum atomic E-state index is 11.1. The van der Waals surface area contributed by atoms with Gasteiger partial charge < -0.3 is 14.4 Å². The highest BCUT2D eigenvalue weighted by Gasteiger charge is 2.34. The van der Waals surface area contributed by atoms with Crippen molar-refractivity contribution in [2.75, 3.05) is 11.4 Å². The summed E-state index contributed by atoms with van der Waals surface area (Å²) in [5, 5.41) is 9.10. The van der Waals surface area contributed by atoms with Gasteiger partial charge in [-0.15, -0.1) is 0 Å². The van der Waals surface area contributed by atoms with Gasteiger partial charge in [-0.25, -0.2) is 4.98 Å². The highest BCUT2D eigenvalue weighted by molar-refractivity contribution is 5.71. The SMILES string of the molecule is Cc1cnc(N2CCC[C@H](C(=O)O)[C@H]2C)o1. The number of carboxylic acids is 1. The van der Waals surface area contributed by atoms with E-state index in [2.05, 4.69) is 4.98 Å². The normalized spacial score (nSPS) is 25.8. The molecule has 0 unspecified atom stereocenters. The molecule has 5 nitrogen and oxygen atoms in total. The number of carbonyl (C=O) groups is 1. The van der Waals surface area contributed by atoms with E-state index < -0.39 is 5.97 Å². The van der Waals surface area contributed by atoms with E-state index in [9.17, 15) is 4.79 Å². The zero-order valence-corrected chi connectivity index (χ0v) is 9.51. The van der Waals surface area contributed by atoms with E-state index in [-0.39, 0.29) is 12.0 Å². The first-order chi connectivity index (χ1) is 7.59. The predicted molar refractivity (Wildman–Crippen MR) is 58.4 cm³/mol. The lowest BCUT2D eigenvalue weighted by Crippen LogP contribution is -2.46. The van der Waals surface area contributed by atoms with Crippen molar-refractivity contribution in [1.29, 1.82) is 0 Å². The number of aliphatic carboxylic acids is 1. The Kier molecular flexibility index (Phi) is 2.85. The predicted octanol–water partition coefficient (Wildman–Crippen LogP) is 1.67. The minimum atomic E-state index is -0.736. The van der Waals surface area contributed by atoms with Gasteiger partial charge in [0.25, 0.3) is 6.01 Å². The first-order valence-corrected chi connectivity index (χ1v) is 5.51. The number of hydrogen-bond donors (Lipinski definition) is 1. The summed E-state index contributed by atoms with van der Waals surface area (Å²) >= 11 is 0. The lowest BCUT2D eigenvalue weighted by Gasteiger charge is -2.36. The number of hydrogen-bond acceptors (Lipinski definition) is 4. The van der Waals surface area contributed by atoms with E-state index in [1.54, 1.807) is 6.20 Å². The molecule has 88 valence electrons. The second-order valence-electron chi connectivity index (χ2n) is 4.27. The highest BCUT2D eigenvalue weighted by atomic mass is 16.4. The van der Waals surface area contributed by atoms with Crippen LogP contribution in [0, 0.1) is 12.8 Å². The Morgan fingerprint density at radius 1 is 1.69 bits per heavy atom. The van der Waals surface area contributed by atoms with Gasteiger partial charge in [0.15, 0.2) is 0 Å². The Bertz CT molecular complexity index is 388. The molecule has 1 aliphatic rings. The fourth-order valence-electron chi connectivity index (χ4n) is 2.22. The van der Waals surface area contributed by atoms with Crippen LogP contribution in [-0.2, 0) is 4.79 Å². The molecule has 1 aliphatic heterocycles. The number of aryl methyl sites for hydroxylation is 1. The molecule has 1 aromatic heterocycles. The van der Waals surface area contributed by atoms with Gasteiger partial charge in [-0.05, 0) is 26.7 Å². The smallest absolute Gasteiger partial charge is 0.308 e. The minimum Gasteiger partial charge on any atom is -0.481 e. The van der Waals surface area contributed by atoms with Crippen molar-refractivity contribution in [2.45, 2.75) is 32.7 Å². The largest absolute Gasteiger partial charge is 0.481 e. The number of carboxylic acid groups (broad SMARTS) is 1. The summed E-state index contributed by atoms with van der Waals surface area (Å²) in [4.78, 5) is 17.2. The second-order valence-corrected chi connectivity index (χ2v) is 4.27. The number of oxazole rings is 1. The van der Waals surface area contributed by atoms with E-state index in [4.69, 9.17) is 9.52 Å². The summed E-state index contributed by atoms with van der Waals surface area (Å²) in [6, 6.07) is 0.472. The molecule has 2 heterocycles. The van der Waals surface area contributed by atoms with Crippen molar-refractivity contribution < 1.29 is 14.3 Å². The second kappa shape index (κ2) is 4.15. The summed E-state index contributed by atoms with van der Waals surface area (Å²) in [6.07, 6.45) is 3.25. The third-order valence-corrected chi connectivity index (χ3v) is 3.16. The lowest BCUT2D eigenvalue weighted by molar-refractivity contribution is -0.143. The van der Waals surface area contributed by atoms with Crippen LogP contribution in [0.2, 0.25) is 0 Å². The van der Waals surface area contributed by atoms with Crippen LogP contribution in [0.1, 0.15) is 25.5 Å². The van der Waals surface area contributed by atoms with Crippen LogP contribution in [0.25, 0.3) is 0 Å². The first kappa shape index (κ1) is 11.0. The fraction of sp³-hybridized carbons (Fsp3) is 0.636. The fourth-order valence-corrected chi connectivity index (χ4v) is 2.22. The molecule has 0 spiro atoms. The van der Waals surface area contributed by atoms with Crippen LogP contribution < -0.4 is 4.90 Å². The molecule has 2 rings (SSSR count). The summed E-state index contributed by atoms with van der Waals surface area (Å²) < 4.78 is 5.44. The molecule has 1 fully saturated rings. The van der Waals surface area contributed by atoms with Gasteiger partial charge in [-0.2, -0.15) is 0 Å². The highest BCUT2D eigenvalue weighted by Crippen LogP contribution is 2.28. The quantitative estimate of drug-likeness (QED) is 0.827. The number of nitrogens with zero attached hydrogens (tertiary/aromatic N) is 2. The number of rotatable bonds is 2. The van der Waals surface area contributed by atoms with Crippen molar-refractivity contribution >= 4 is 12.0 Å². The molecule has 0 aromatic carbocycles. The average molecular weight is 224 g/mol. The summed E-state index contributed by atoms with van der Waals surface area (Å²) in [5.74, 6) is -0.318. The van der Waals surface area contributed by atoms with E-state index in [1.807, 2.05) is 18.7 Å². The molecule has 0 saturated carbocycles. The Morgan fingerprint density at radius 2 is 2.44 bits per heavy atom. The van der Waals surface area contributed by atoms with Crippen molar-refractivity contribution in [3.8, 4) is 0 Å². The molecule has 0 radical (unpaired) electrons. The monoisotopic (exact) mass is 224 g/mol. The van der Waals surface area contributed by atoms with Crippen LogP contribution in [0.3, 0.4) is 0 Å². The molecule has 5 heteroatoms. The number of piperidine rings is 1. The van der Waals surface area contributed by atoms with Gasteiger partial charge in [0, 0.05) is 12.6 Å². The molecular weight excluding hydrogens is 208 g/mol. The van der Waals surface area contributed by atoms with Gasteiger partial charge in [0.1, 0.15) is 5.76 Å². The zero-order chi connectivity index (χ0) is 11.7. The summed E-state index contributed by atoms with van der Waals surface area (Å²) in [7, 11) is 0. The third kappa shape index (κ3) is 1.89. The molecule has 1 aromatic rings. The molecule has 0 bridgehead atoms. The number of anilines is 1. The van der Waals surface area contributed by atoms with E-state index >= 15 is 0 Å². The maximum absolute atomic E-state index is 11.1. The third-order valence-electron chi connectivity index (χ3n) is 3.16. The summed E-state index contributed by atoms with van der Waals surface area (Å²) in [5.41, 5.74) is 0. The van der Waals surface area contributed by atoms with Crippen LogP contribution >= 0.6 is 0 Å². The lowest BCUT2D eigenvalue weighted by atomic mass is 9.91. The molecule has 1 saturated heterocycles. The molecule has 16 heavy (non-hydrogen) atoms. The van der Waals surface area contributed by atoms with E-state index in [0.717, 1.165) is 25.1 Å². The minimum absolute atomic E-state index is 0.0655. The Morgan fingerprint density at radius 3 is 3.00 bits per heavy atom. The zero-order valence-electron chi connectivity index (χ0n) is 9.51. The van der Waals surface area contributed by atoms with Crippen LogP contribution in [-0.4, -0.2) is 28.6 Å². The van der Waals surface area contributed by atoms with Gasteiger partial charge >= 0.3 is 5.97 Å². The van der Waals surface area contributed by atoms with Crippen molar-refractivity contribution in [3.05, 3.63) is 12.0 Å². The maximum Gasteiger partial charge on any atom is 0.308 e. The molecule has 1 N–H and O–H groups in total. The van der Waals surface area contributed by atoms with Gasteiger partial charge in [0.05, 0.1) is 12.1 Å². The first-order valence-electron chi connectivity index (χ1n) is 5.51. The van der Waals surface area contributed by atoms with Crippen molar-refractivity contribution in [2.24, 2.45) is 5.92 Å². The van der Waals surface area contributed by atoms with Gasteiger partial charge in [-0.3, -0.25) is 4.79 Å². The van der Waals surface area contributed by atoms with Crippen LogP contribution in [0.4, 0.5) is 6.01 Å². The van der Waals surface area contributed by atoms with Crippen LogP contribution in [0.5, 0.6) is 0 Å². The standard InChI is InChI=1S/C11H16N2O3/c1-7-6-12-11(16-7)13-5-3-4-9(8(13)2)10(14)15/h6,8-9H,3-5H2,1-2H3,(H,14,15)/t8-,9+/m1/s1. The Hall–Kier alpha value is -1.52. The van der Waals surface area contributed by atoms with Gasteiger partial charge in [0.2, 0.25) is 0 Å². The van der Waals surface area contributed by atoms with E-state index in [0.29, 0.717) is 6.01 Å². The molecule has 2 atom stereocenters. The molecular formula is C11H16N2O3. The Balaban J connectivity index is 2.18. The van der Waals surface area contributed by atoms with Crippen molar-refractivity contribution in [1.82, 2.24) is 4.98 Å². The van der Waals surface area contributed by atoms with Crippen LogP contribution in [0.15, 0.2) is 10.6 Å². The molecule has 0 aliphatic carbocycles. The average Bonchev–Trinajstić information content (AvgIpc) is 2.64. The number of aromatic nitrogens is 1. The molecule has 0 amide bonds. The topological polar surface area (TPSA) is 66.6 Å².